The molecule has 16 nitrogen and oxygen atoms in total. The van der Waals surface area contributed by atoms with E-state index < -0.39 is 35.8 Å². The molecule has 0 aliphatic carbocycles. The SMILES string of the molecule is C1C[NH2+]CCN1.CC/C=C\C/C=C\C/C=C\C/C=C\C/C=C\CCCC(=O)O.CC/C=C\C/C=C\C/C=C\C/C=C\C/C=C\CCCC(=O)O.COC(=O)/C=C/C(=O)[O-].COC(=O)/C=C/C(=O)[O-].NCCN. The number of allylic oxidation sites excluding steroid dienone is 20. The fourth-order valence-electron chi connectivity index (χ4n) is 4.57. The maximum absolute atomic E-state index is 10.3. The average Bonchev–Trinajstić information content (AvgIpc) is 3.37. The molecule has 0 unspecified atom stereocenters. The molecule has 1 aliphatic rings. The van der Waals surface area contributed by atoms with Gasteiger partial charge in [-0.15, -0.1) is 0 Å². The van der Waals surface area contributed by atoms with E-state index in [0.29, 0.717) is 25.2 Å². The molecule has 0 aromatic heterocycles. The van der Waals surface area contributed by atoms with Gasteiger partial charge in [0.2, 0.25) is 0 Å². The van der Waals surface area contributed by atoms with Crippen molar-refractivity contribution in [2.24, 2.45) is 11.5 Å². The Balaban J connectivity index is -0.000000274. The van der Waals surface area contributed by atoms with E-state index in [9.17, 15) is 39.0 Å². The molecule has 0 saturated carbocycles. The smallest absolute Gasteiger partial charge is 0.330 e. The Bertz CT molecular complexity index is 1560. The molecule has 0 amide bonds. The first-order chi connectivity index (χ1) is 34.8. The van der Waals surface area contributed by atoms with E-state index in [1.54, 1.807) is 0 Å². The largest absolute Gasteiger partial charge is 0.545 e. The Kier molecular flexibility index (Phi) is 71.2. The molecule has 16 heteroatoms. The van der Waals surface area contributed by atoms with Gasteiger partial charge in [0.05, 0.1) is 39.2 Å². The van der Waals surface area contributed by atoms with Crippen molar-refractivity contribution >= 4 is 35.8 Å². The molecular weight excluding hydrogens is 921 g/mol. The number of methoxy groups -OCH3 is 2. The van der Waals surface area contributed by atoms with Gasteiger partial charge in [0.15, 0.2) is 0 Å². The minimum Gasteiger partial charge on any atom is -0.545 e. The first kappa shape index (κ1) is 74.5. The van der Waals surface area contributed by atoms with Gasteiger partial charge in [-0.2, -0.15) is 0 Å². The first-order valence-corrected chi connectivity index (χ1v) is 24.6. The number of carbonyl (C=O) groups is 6. The Morgan fingerprint density at radius 2 is 0.736 bits per heavy atom. The van der Waals surface area contributed by atoms with E-state index in [1.165, 1.54) is 26.2 Å². The van der Waals surface area contributed by atoms with E-state index in [0.717, 1.165) is 116 Å². The third kappa shape index (κ3) is 90.0. The second kappa shape index (κ2) is 68.8. The molecule has 0 bridgehead atoms. The highest BCUT2D eigenvalue weighted by Gasteiger charge is 1.96. The van der Waals surface area contributed by atoms with Crippen molar-refractivity contribution < 1.29 is 64.0 Å². The summed E-state index contributed by atoms with van der Waals surface area (Å²) in [6.07, 6.45) is 59.6. The Morgan fingerprint density at radius 3 is 0.917 bits per heavy atom. The van der Waals surface area contributed by atoms with Crippen LogP contribution in [-0.4, -0.2) is 99.5 Å². The minimum atomic E-state index is -1.42. The number of hydrogen-bond donors (Lipinski definition) is 6. The molecule has 0 aromatic rings. The van der Waals surface area contributed by atoms with Gasteiger partial charge < -0.3 is 61.6 Å². The number of nitrogens with two attached hydrogens (primary N) is 3. The van der Waals surface area contributed by atoms with Crippen LogP contribution in [0, 0.1) is 0 Å². The summed E-state index contributed by atoms with van der Waals surface area (Å²) in [5.41, 5.74) is 9.81. The fourth-order valence-corrected chi connectivity index (χ4v) is 4.57. The van der Waals surface area contributed by atoms with E-state index >= 15 is 0 Å². The number of unbranched alkanes of at least 4 members (excludes halogenated alkanes) is 2. The third-order valence-electron chi connectivity index (χ3n) is 8.17. The summed E-state index contributed by atoms with van der Waals surface area (Å²) in [6.45, 7) is 10.4. The number of piperazine rings is 1. The number of carboxylic acids is 4. The van der Waals surface area contributed by atoms with E-state index in [1.807, 2.05) is 0 Å². The minimum absolute atomic E-state index is 0.258. The van der Waals surface area contributed by atoms with Crippen molar-refractivity contribution in [3.8, 4) is 0 Å². The predicted molar refractivity (Wildman–Crippen MR) is 287 cm³/mol. The molecule has 1 rings (SSSR count). The highest BCUT2D eigenvalue weighted by Crippen LogP contribution is 2.01. The Morgan fingerprint density at radius 1 is 0.472 bits per heavy atom. The number of ether oxygens (including phenoxy) is 2. The van der Waals surface area contributed by atoms with Gasteiger partial charge in [-0.05, 0) is 102 Å². The molecule has 406 valence electrons. The van der Waals surface area contributed by atoms with Crippen molar-refractivity contribution in [3.63, 3.8) is 0 Å². The lowest BCUT2D eigenvalue weighted by Crippen LogP contribution is -2.89. The third-order valence-corrected chi connectivity index (χ3v) is 8.17. The number of quaternary nitrogens is 1. The zero-order valence-corrected chi connectivity index (χ0v) is 43.6. The summed E-state index contributed by atoms with van der Waals surface area (Å²) in [5, 5.41) is 41.8. The lowest BCUT2D eigenvalue weighted by atomic mass is 10.2. The number of carboxylic acid groups (broad SMARTS) is 4. The fraction of sp³-hybridized carbons (Fsp3) is 0.464. The van der Waals surface area contributed by atoms with Crippen LogP contribution >= 0.6 is 0 Å². The second-order valence-electron chi connectivity index (χ2n) is 14.5. The summed E-state index contributed by atoms with van der Waals surface area (Å²) < 4.78 is 8.17. The molecule has 0 spiro atoms. The van der Waals surface area contributed by atoms with Crippen LogP contribution in [0.2, 0.25) is 0 Å². The number of esters is 2. The zero-order valence-electron chi connectivity index (χ0n) is 43.6. The molecule has 0 aromatic carbocycles. The molecule has 72 heavy (non-hydrogen) atoms. The van der Waals surface area contributed by atoms with E-state index in [2.05, 4.69) is 155 Å². The van der Waals surface area contributed by atoms with Crippen LogP contribution in [0.5, 0.6) is 0 Å². The van der Waals surface area contributed by atoms with Gasteiger partial charge in [0.25, 0.3) is 0 Å². The van der Waals surface area contributed by atoms with Crippen LogP contribution in [0.4, 0.5) is 0 Å². The normalized spacial score (nSPS) is 12.6. The van der Waals surface area contributed by atoms with Gasteiger partial charge in [0, 0.05) is 51.2 Å². The molecule has 1 heterocycles. The van der Waals surface area contributed by atoms with Crippen LogP contribution < -0.4 is 32.3 Å². The summed E-state index contributed by atoms with van der Waals surface area (Å²) in [6, 6.07) is 0. The molecule has 9 N–H and O–H groups in total. The topological polar surface area (TPSA) is 288 Å². The van der Waals surface area contributed by atoms with Crippen LogP contribution in [-0.2, 0) is 38.2 Å². The highest BCUT2D eigenvalue weighted by molar-refractivity contribution is 5.90. The summed E-state index contributed by atoms with van der Waals surface area (Å²) in [5.74, 6) is -5.68. The molecule has 0 atom stereocenters. The Labute approximate surface area is 431 Å². The summed E-state index contributed by atoms with van der Waals surface area (Å²) >= 11 is 0. The number of aliphatic carboxylic acids is 4. The maximum Gasteiger partial charge on any atom is 0.330 e. The monoisotopic (exact) mass is 1010 g/mol. The number of carbonyl (C=O) groups excluding carboxylic acids is 4. The van der Waals surface area contributed by atoms with E-state index in [4.69, 9.17) is 21.7 Å². The summed E-state index contributed by atoms with van der Waals surface area (Å²) in [4.78, 5) is 60.1. The predicted octanol–water partition coefficient (Wildman–Crippen LogP) is 5.97. The standard InChI is InChI=1S/2C20H30O2.2C5H6O4.C4H10N2.C2H8N2/c2*1-2-3-4-5-6-7-8-9-10-11-12-13-14-15-16-17-18-19-20(21)22;2*1-9-5(8)3-2-4(6)7;1-2-6-4-3-5-1;3-1-2-4/h2*3-4,6-7,9-10,12-13,15-16H,2,5,8,11,14,17-19H2,1H3,(H,21,22);2*2-3H,1H3,(H,6,7);5-6H,1-4H2;1-4H2/p-1/b2*4-3-,7-6-,10-9-,13-12-,16-15-;2*3-2+;;. The van der Waals surface area contributed by atoms with Crippen LogP contribution in [0.15, 0.2) is 146 Å². The highest BCUT2D eigenvalue weighted by atomic mass is 16.5. The van der Waals surface area contributed by atoms with Crippen molar-refractivity contribution in [1.29, 1.82) is 0 Å². The quantitative estimate of drug-likeness (QED) is 0.0202. The molecular formula is C56H89N4O12-. The van der Waals surface area contributed by atoms with Gasteiger partial charge in [-0.1, -0.05) is 135 Å². The molecule has 0 radical (unpaired) electrons. The maximum atomic E-state index is 10.3. The lowest BCUT2D eigenvalue weighted by Gasteiger charge is -2.07. The van der Waals surface area contributed by atoms with Crippen molar-refractivity contribution in [1.82, 2.24) is 5.32 Å². The Hall–Kier alpha value is -6.46. The van der Waals surface area contributed by atoms with Gasteiger partial charge in [-0.25, -0.2) is 9.59 Å². The molecule has 1 fully saturated rings. The average molecular weight is 1010 g/mol. The van der Waals surface area contributed by atoms with Crippen LogP contribution in [0.3, 0.4) is 0 Å². The van der Waals surface area contributed by atoms with Crippen molar-refractivity contribution in [3.05, 3.63) is 146 Å². The number of rotatable bonds is 31. The van der Waals surface area contributed by atoms with Gasteiger partial charge in [0.1, 0.15) is 0 Å². The zero-order chi connectivity index (χ0) is 54.8. The van der Waals surface area contributed by atoms with Crippen molar-refractivity contribution in [2.75, 3.05) is 53.5 Å². The number of hydrogen-bond acceptors (Lipinski definition) is 13. The lowest BCUT2D eigenvalue weighted by molar-refractivity contribution is -0.657. The van der Waals surface area contributed by atoms with Crippen molar-refractivity contribution in [2.45, 2.75) is 117 Å². The summed E-state index contributed by atoms with van der Waals surface area (Å²) in [7, 11) is 2.31. The number of nitrogens with one attached hydrogen (secondary N) is 1. The first-order valence-electron chi connectivity index (χ1n) is 24.6. The molecule has 1 saturated heterocycles. The van der Waals surface area contributed by atoms with Crippen LogP contribution in [0.1, 0.15) is 117 Å². The van der Waals surface area contributed by atoms with E-state index in [-0.39, 0.29) is 12.8 Å². The van der Waals surface area contributed by atoms with Crippen LogP contribution in [0.25, 0.3) is 0 Å². The second-order valence-corrected chi connectivity index (χ2v) is 14.5. The van der Waals surface area contributed by atoms with Gasteiger partial charge in [-0.3, -0.25) is 9.59 Å². The van der Waals surface area contributed by atoms with Gasteiger partial charge >= 0.3 is 23.9 Å². The molecule has 1 aliphatic heterocycles.